The highest BCUT2D eigenvalue weighted by molar-refractivity contribution is 7.11. The molecule has 0 bridgehead atoms. The first-order chi connectivity index (χ1) is 9.14. The van der Waals surface area contributed by atoms with Crippen LogP contribution >= 0.6 is 11.3 Å². The first-order valence-corrected chi connectivity index (χ1v) is 8.22. The number of nitrogens with one attached hydrogen (secondary N) is 1. The van der Waals surface area contributed by atoms with Crippen LogP contribution in [-0.2, 0) is 16.9 Å². The second kappa shape index (κ2) is 6.33. The van der Waals surface area contributed by atoms with E-state index in [2.05, 4.69) is 26.1 Å². The minimum Gasteiger partial charge on any atom is -0.371 e. The Morgan fingerprint density at radius 1 is 1.42 bits per heavy atom. The molecule has 0 saturated heterocycles. The van der Waals surface area contributed by atoms with Gasteiger partial charge >= 0.3 is 0 Å². The molecule has 1 aromatic heterocycles. The summed E-state index contributed by atoms with van der Waals surface area (Å²) in [6, 6.07) is 0. The van der Waals surface area contributed by atoms with E-state index < -0.39 is 0 Å². The third-order valence-electron chi connectivity index (χ3n) is 3.98. The molecule has 1 fully saturated rings. The molecule has 1 atom stereocenters. The van der Waals surface area contributed by atoms with Gasteiger partial charge < -0.3 is 10.1 Å². The summed E-state index contributed by atoms with van der Waals surface area (Å²) >= 11 is 1.84. The third-order valence-corrected chi connectivity index (χ3v) is 5.30. The molecule has 1 saturated carbocycles. The molecule has 0 spiro atoms. The molecule has 1 aliphatic carbocycles. The molecule has 1 aromatic rings. The normalized spacial score (nSPS) is 18.5. The predicted octanol–water partition coefficient (Wildman–Crippen LogP) is 3.79. The number of ether oxygens (including phenoxy) is 1. The van der Waals surface area contributed by atoms with Gasteiger partial charge in [0.15, 0.2) is 0 Å². The van der Waals surface area contributed by atoms with Crippen LogP contribution < -0.4 is 5.32 Å². The van der Waals surface area contributed by atoms with Gasteiger partial charge in [-0.05, 0) is 39.2 Å². The van der Waals surface area contributed by atoms with Crippen molar-refractivity contribution in [3.05, 3.63) is 15.6 Å². The van der Waals surface area contributed by atoms with Crippen LogP contribution in [0.4, 0.5) is 0 Å². The van der Waals surface area contributed by atoms with E-state index >= 15 is 0 Å². The van der Waals surface area contributed by atoms with E-state index in [9.17, 15) is 0 Å². The minimum absolute atomic E-state index is 0.225. The first kappa shape index (κ1) is 14.9. The Bertz CT molecular complexity index is 408. The van der Waals surface area contributed by atoms with Crippen LogP contribution in [0.15, 0.2) is 0 Å². The number of thiazole rings is 1. The van der Waals surface area contributed by atoms with Crippen molar-refractivity contribution in [2.45, 2.75) is 64.5 Å². The Morgan fingerprint density at radius 3 is 2.68 bits per heavy atom. The molecule has 4 heteroatoms. The SMILES string of the molecule is CCCNCc1sc(C(C)(CC)OC)nc1C1CC1. The van der Waals surface area contributed by atoms with Gasteiger partial charge in [-0.3, -0.25) is 0 Å². The van der Waals surface area contributed by atoms with Gasteiger partial charge in [0, 0.05) is 24.4 Å². The number of aromatic nitrogens is 1. The van der Waals surface area contributed by atoms with E-state index in [1.807, 2.05) is 11.3 Å². The summed E-state index contributed by atoms with van der Waals surface area (Å²) in [6.07, 6.45) is 4.75. The molecule has 0 aliphatic heterocycles. The maximum absolute atomic E-state index is 5.69. The second-order valence-corrected chi connectivity index (χ2v) is 6.65. The lowest BCUT2D eigenvalue weighted by Crippen LogP contribution is -2.22. The van der Waals surface area contributed by atoms with Gasteiger partial charge in [0.1, 0.15) is 10.6 Å². The van der Waals surface area contributed by atoms with Crippen molar-refractivity contribution in [1.29, 1.82) is 0 Å². The zero-order valence-corrected chi connectivity index (χ0v) is 13.4. The molecule has 108 valence electrons. The van der Waals surface area contributed by atoms with Crippen molar-refractivity contribution in [3.63, 3.8) is 0 Å². The van der Waals surface area contributed by atoms with Crippen molar-refractivity contribution in [2.24, 2.45) is 0 Å². The van der Waals surface area contributed by atoms with Gasteiger partial charge in [0.25, 0.3) is 0 Å². The van der Waals surface area contributed by atoms with E-state index in [1.165, 1.54) is 29.8 Å². The summed E-state index contributed by atoms with van der Waals surface area (Å²) in [5.41, 5.74) is 1.11. The lowest BCUT2D eigenvalue weighted by atomic mass is 10.0. The molecule has 0 radical (unpaired) electrons. The molecule has 1 unspecified atom stereocenters. The zero-order valence-electron chi connectivity index (χ0n) is 12.6. The van der Waals surface area contributed by atoms with Crippen LogP contribution in [0.25, 0.3) is 0 Å². The largest absolute Gasteiger partial charge is 0.371 e. The van der Waals surface area contributed by atoms with Gasteiger partial charge in [-0.1, -0.05) is 13.8 Å². The highest BCUT2D eigenvalue weighted by Crippen LogP contribution is 2.44. The lowest BCUT2D eigenvalue weighted by Gasteiger charge is -2.23. The first-order valence-electron chi connectivity index (χ1n) is 7.40. The van der Waals surface area contributed by atoms with Gasteiger partial charge in [-0.2, -0.15) is 0 Å². The summed E-state index contributed by atoms with van der Waals surface area (Å²) in [5.74, 6) is 0.710. The van der Waals surface area contributed by atoms with E-state index in [0.717, 1.165) is 24.5 Å². The molecule has 1 aliphatic rings. The Balaban J connectivity index is 2.19. The van der Waals surface area contributed by atoms with Gasteiger partial charge in [0.2, 0.25) is 0 Å². The van der Waals surface area contributed by atoms with Crippen molar-refractivity contribution in [1.82, 2.24) is 10.3 Å². The average Bonchev–Trinajstić information content (AvgIpc) is 3.19. The Hall–Kier alpha value is -0.450. The Kier molecular flexibility index (Phi) is 4.98. The fourth-order valence-electron chi connectivity index (χ4n) is 2.15. The van der Waals surface area contributed by atoms with Crippen LogP contribution in [0.5, 0.6) is 0 Å². The zero-order chi connectivity index (χ0) is 13.9. The van der Waals surface area contributed by atoms with Crippen LogP contribution in [-0.4, -0.2) is 18.6 Å². The average molecular weight is 282 g/mol. The number of hydrogen-bond donors (Lipinski definition) is 1. The van der Waals surface area contributed by atoms with Gasteiger partial charge in [0.05, 0.1) is 5.69 Å². The number of rotatable bonds is 8. The highest BCUT2D eigenvalue weighted by atomic mass is 32.1. The maximum atomic E-state index is 5.69. The molecule has 2 rings (SSSR count). The molecule has 3 nitrogen and oxygen atoms in total. The molecule has 1 heterocycles. The molecule has 1 N–H and O–H groups in total. The number of methoxy groups -OCH3 is 1. The van der Waals surface area contributed by atoms with Gasteiger partial charge in [-0.15, -0.1) is 11.3 Å². The number of hydrogen-bond acceptors (Lipinski definition) is 4. The smallest absolute Gasteiger partial charge is 0.125 e. The molecular weight excluding hydrogens is 256 g/mol. The Labute approximate surface area is 120 Å². The monoisotopic (exact) mass is 282 g/mol. The molecular formula is C15H26N2OS. The van der Waals surface area contributed by atoms with E-state index in [-0.39, 0.29) is 5.60 Å². The predicted molar refractivity (Wildman–Crippen MR) is 80.7 cm³/mol. The van der Waals surface area contributed by atoms with Crippen molar-refractivity contribution < 1.29 is 4.74 Å². The van der Waals surface area contributed by atoms with Crippen LogP contribution in [0.1, 0.15) is 68.0 Å². The summed E-state index contributed by atoms with van der Waals surface area (Å²) in [4.78, 5) is 6.34. The fraction of sp³-hybridized carbons (Fsp3) is 0.800. The summed E-state index contributed by atoms with van der Waals surface area (Å²) in [7, 11) is 1.79. The van der Waals surface area contributed by atoms with Crippen molar-refractivity contribution in [3.8, 4) is 0 Å². The van der Waals surface area contributed by atoms with Crippen molar-refractivity contribution >= 4 is 11.3 Å². The summed E-state index contributed by atoms with van der Waals surface area (Å²) in [5, 5.41) is 4.65. The highest BCUT2D eigenvalue weighted by Gasteiger charge is 2.34. The summed E-state index contributed by atoms with van der Waals surface area (Å²) < 4.78 is 5.69. The van der Waals surface area contributed by atoms with Crippen LogP contribution in [0.3, 0.4) is 0 Å². The third kappa shape index (κ3) is 3.36. The van der Waals surface area contributed by atoms with Crippen LogP contribution in [0, 0.1) is 0 Å². The van der Waals surface area contributed by atoms with Crippen LogP contribution in [0.2, 0.25) is 0 Å². The fourth-order valence-corrected chi connectivity index (χ4v) is 3.47. The second-order valence-electron chi connectivity index (χ2n) is 5.57. The summed E-state index contributed by atoms with van der Waals surface area (Å²) in [6.45, 7) is 8.54. The molecule has 0 amide bonds. The van der Waals surface area contributed by atoms with Crippen molar-refractivity contribution in [2.75, 3.05) is 13.7 Å². The number of nitrogens with zero attached hydrogens (tertiary/aromatic N) is 1. The van der Waals surface area contributed by atoms with E-state index in [4.69, 9.17) is 9.72 Å². The standard InChI is InChI=1S/C15H26N2OS/c1-5-9-16-10-12-13(11-7-8-11)17-14(19-12)15(3,6-2)18-4/h11,16H,5-10H2,1-4H3. The lowest BCUT2D eigenvalue weighted by molar-refractivity contribution is -0.00166. The molecule has 0 aromatic carbocycles. The van der Waals surface area contributed by atoms with Gasteiger partial charge in [-0.25, -0.2) is 4.98 Å². The Morgan fingerprint density at radius 2 is 2.16 bits per heavy atom. The van der Waals surface area contributed by atoms with E-state index in [1.54, 1.807) is 7.11 Å². The minimum atomic E-state index is -0.225. The topological polar surface area (TPSA) is 34.1 Å². The maximum Gasteiger partial charge on any atom is 0.125 e. The molecule has 19 heavy (non-hydrogen) atoms. The quantitative estimate of drug-likeness (QED) is 0.737. The van der Waals surface area contributed by atoms with E-state index in [0.29, 0.717) is 5.92 Å².